The first-order valence-electron chi connectivity index (χ1n) is 27.2. The Morgan fingerprint density at radius 2 is 0.859 bits per heavy atom. The number of hydrogen-bond donors (Lipinski definition) is 18. The van der Waals surface area contributed by atoms with Gasteiger partial charge in [-0.1, -0.05) is 36.4 Å². The van der Waals surface area contributed by atoms with Crippen molar-refractivity contribution in [2.75, 3.05) is 19.8 Å². The van der Waals surface area contributed by atoms with Crippen LogP contribution >= 0.6 is 0 Å². The number of fused-ring (bicyclic) bond motifs is 2. The minimum atomic E-state index is -1.89. The van der Waals surface area contributed by atoms with Crippen LogP contribution in [0, 0.1) is 0 Å². The first kappa shape index (κ1) is 59.6. The molecule has 25 nitrogen and oxygen atoms in total. The molecule has 1 unspecified atom stereocenters. The first-order chi connectivity index (χ1) is 40.7. The number of aliphatic hydroxyl groups is 13. The summed E-state index contributed by atoms with van der Waals surface area (Å²) in [7, 11) is 0. The highest BCUT2D eigenvalue weighted by Crippen LogP contribution is 2.65. The fourth-order valence-corrected chi connectivity index (χ4v) is 12.4. The maximum atomic E-state index is 13.2. The van der Waals surface area contributed by atoms with Gasteiger partial charge in [-0.3, -0.25) is 0 Å². The van der Waals surface area contributed by atoms with Gasteiger partial charge in [-0.2, -0.15) is 0 Å². The van der Waals surface area contributed by atoms with E-state index < -0.39 is 154 Å². The third-order valence-electron chi connectivity index (χ3n) is 16.6. The first-order valence-corrected chi connectivity index (χ1v) is 27.2. The van der Waals surface area contributed by atoms with E-state index in [2.05, 4.69) is 0 Å². The van der Waals surface area contributed by atoms with Gasteiger partial charge < -0.3 is 125 Å². The minimum Gasteiger partial charge on any atom is -0.508 e. The molecule has 21 atom stereocenters. The number of rotatable bonds is 15. The summed E-state index contributed by atoms with van der Waals surface area (Å²) in [6, 6.07) is 27.3. The van der Waals surface area contributed by atoms with Gasteiger partial charge in [0.25, 0.3) is 0 Å². The van der Waals surface area contributed by atoms with E-state index in [0.717, 1.165) is 6.07 Å². The zero-order valence-corrected chi connectivity index (χ0v) is 44.6. The van der Waals surface area contributed by atoms with E-state index in [-0.39, 0.29) is 73.8 Å². The minimum absolute atomic E-state index is 0.0400. The molecular formula is C60H64O25. The molecule has 3 fully saturated rings. The molecule has 0 bridgehead atoms. The largest absolute Gasteiger partial charge is 0.508 e. The molecule has 0 saturated carbocycles. The summed E-state index contributed by atoms with van der Waals surface area (Å²) in [6.07, 6.45) is -27.2. The Bertz CT molecular complexity index is 3290. The van der Waals surface area contributed by atoms with Gasteiger partial charge in [-0.25, -0.2) is 0 Å². The van der Waals surface area contributed by atoms with Crippen molar-refractivity contribution in [1.82, 2.24) is 0 Å². The van der Waals surface area contributed by atoms with Gasteiger partial charge in [-0.15, -0.1) is 0 Å². The Morgan fingerprint density at radius 3 is 1.35 bits per heavy atom. The highest BCUT2D eigenvalue weighted by molar-refractivity contribution is 5.65. The molecule has 0 aromatic heterocycles. The summed E-state index contributed by atoms with van der Waals surface area (Å²) < 4.78 is 41.5. The van der Waals surface area contributed by atoms with E-state index in [1.165, 1.54) is 84.9 Å². The zero-order valence-electron chi connectivity index (χ0n) is 44.6. The molecule has 4 aliphatic heterocycles. The lowest BCUT2D eigenvalue weighted by Gasteiger charge is -2.39. The van der Waals surface area contributed by atoms with Crippen molar-refractivity contribution in [2.45, 2.75) is 128 Å². The van der Waals surface area contributed by atoms with E-state index in [1.807, 2.05) is 0 Å². The number of aliphatic hydroxyl groups excluding tert-OH is 13. The maximum absolute atomic E-state index is 13.2. The number of ether oxygens (including phenoxy) is 7. The van der Waals surface area contributed by atoms with Crippen molar-refractivity contribution >= 4 is 0 Å². The summed E-state index contributed by atoms with van der Waals surface area (Å²) in [5, 5.41) is 196. The van der Waals surface area contributed by atoms with Crippen molar-refractivity contribution in [3.63, 3.8) is 0 Å². The van der Waals surface area contributed by atoms with Crippen LogP contribution in [0.4, 0.5) is 0 Å². The molecule has 1 aliphatic carbocycles. The van der Waals surface area contributed by atoms with Crippen LogP contribution in [-0.2, 0) is 14.2 Å². The molecule has 5 aliphatic rings. The molecule has 454 valence electrons. The Morgan fingerprint density at radius 1 is 0.400 bits per heavy atom. The normalized spacial score (nSPS) is 33.8. The fourth-order valence-electron chi connectivity index (χ4n) is 12.4. The molecule has 4 heterocycles. The Balaban J connectivity index is 1.05. The molecule has 6 aromatic rings. The summed E-state index contributed by atoms with van der Waals surface area (Å²) >= 11 is 0. The van der Waals surface area contributed by atoms with Gasteiger partial charge in [-0.05, 0) is 94.0 Å². The van der Waals surface area contributed by atoms with Gasteiger partial charge in [0, 0.05) is 47.1 Å². The molecule has 18 N–H and O–H groups in total. The summed E-state index contributed by atoms with van der Waals surface area (Å²) in [5.41, 5.74) is 2.41. The molecule has 11 rings (SSSR count). The van der Waals surface area contributed by atoms with E-state index >= 15 is 0 Å². The quantitative estimate of drug-likeness (QED) is 0.0631. The molecule has 0 radical (unpaired) electrons. The van der Waals surface area contributed by atoms with Gasteiger partial charge in [0.15, 0.2) is 0 Å². The second-order valence-corrected chi connectivity index (χ2v) is 21.8. The fraction of sp³-hybridized carbons (Fsp3) is 0.400. The van der Waals surface area contributed by atoms with Crippen LogP contribution in [-0.4, -0.2) is 204 Å². The lowest BCUT2D eigenvalue weighted by molar-refractivity contribution is -0.277. The van der Waals surface area contributed by atoms with Crippen molar-refractivity contribution < 1.29 is 125 Å². The average Bonchev–Trinajstić information content (AvgIpc) is 1.60. The number of benzene rings is 6. The molecular weight excluding hydrogens is 1120 g/mol. The third-order valence-corrected chi connectivity index (χ3v) is 16.6. The number of phenolic OH excluding ortho intramolecular Hbond substituents is 5. The lowest BCUT2D eigenvalue weighted by Crippen LogP contribution is -2.60. The smallest absolute Gasteiger partial charge is 0.229 e. The SMILES string of the molecule is OC[C@H]1O[C@@H](Oc2ccc([C@@H](O)[C@H]3c4cc(O[C@@H]5O[C@H](CO)[C@@H](O)[C@H](O)[C@H]5O)cc(O)c4[C@H](c4ccc(O)cc4)C3c3cc(O)cc4c3[C@H](c3cc(O)cc(O)c3)[C@@H](c3ccc(O[C@@H]5O[C@H](CO)[C@@H](O)[C@H](O)[C@H]5O)cc3)O4)cc2)[C@H](O)[C@@H](O)[C@@H]1O. The molecule has 0 amide bonds. The summed E-state index contributed by atoms with van der Waals surface area (Å²) in [5.74, 6) is -5.97. The Kier molecular flexibility index (Phi) is 16.8. The molecule has 25 heteroatoms. The summed E-state index contributed by atoms with van der Waals surface area (Å²) in [6.45, 7) is -2.21. The monoisotopic (exact) mass is 1180 g/mol. The van der Waals surface area contributed by atoms with Gasteiger partial charge in [0.05, 0.1) is 31.8 Å². The van der Waals surface area contributed by atoms with Crippen LogP contribution in [0.3, 0.4) is 0 Å². The predicted octanol–water partition coefficient (Wildman–Crippen LogP) is -0.237. The highest BCUT2D eigenvalue weighted by atomic mass is 16.7. The average molecular weight is 1190 g/mol. The summed E-state index contributed by atoms with van der Waals surface area (Å²) in [4.78, 5) is 0. The molecule has 0 spiro atoms. The van der Waals surface area contributed by atoms with E-state index in [4.69, 9.17) is 33.2 Å². The highest BCUT2D eigenvalue weighted by Gasteiger charge is 2.53. The molecule has 6 aromatic carbocycles. The van der Waals surface area contributed by atoms with Gasteiger partial charge in [0.1, 0.15) is 131 Å². The van der Waals surface area contributed by atoms with Crippen molar-refractivity contribution in [3.05, 3.63) is 160 Å². The van der Waals surface area contributed by atoms with Crippen LogP contribution in [0.1, 0.15) is 80.4 Å². The zero-order chi connectivity index (χ0) is 60.4. The second-order valence-electron chi connectivity index (χ2n) is 21.8. The molecule has 3 saturated heterocycles. The van der Waals surface area contributed by atoms with Crippen molar-refractivity contribution in [3.8, 4) is 51.7 Å². The molecule has 85 heavy (non-hydrogen) atoms. The third kappa shape index (κ3) is 11.1. The van der Waals surface area contributed by atoms with E-state index in [9.17, 15) is 91.9 Å². The Hall–Kier alpha value is -7.12. The number of phenols is 5. The van der Waals surface area contributed by atoms with E-state index in [0.29, 0.717) is 16.7 Å². The maximum Gasteiger partial charge on any atom is 0.229 e. The van der Waals surface area contributed by atoms with Crippen LogP contribution in [0.15, 0.2) is 115 Å². The van der Waals surface area contributed by atoms with Crippen molar-refractivity contribution in [1.29, 1.82) is 0 Å². The van der Waals surface area contributed by atoms with Crippen LogP contribution in [0.25, 0.3) is 0 Å². The van der Waals surface area contributed by atoms with Crippen molar-refractivity contribution in [2.24, 2.45) is 0 Å². The lowest BCUT2D eigenvalue weighted by atomic mass is 9.71. The van der Waals surface area contributed by atoms with Crippen LogP contribution in [0.2, 0.25) is 0 Å². The topological polar surface area (TPSA) is 429 Å². The number of aromatic hydroxyl groups is 5. The Labute approximate surface area is 483 Å². The van der Waals surface area contributed by atoms with Gasteiger partial charge >= 0.3 is 0 Å². The standard InChI is InChI=1S/C60H64O25/c61-20-38-48(70)51(73)54(76)58(83-38)79-31-9-3-24(4-10-31)47(69)46-35-18-33(81-60-56(78)53(75)50(72)40(22-63)85-60)19-36(68)43(35)41(23-1-7-27(64)8-2-23)45(46)34-16-30(67)17-37-44(34)42(26-13-28(65)15-29(66)14-26)57(82-37)25-5-11-32(12-6-25)80-59-55(77)52(74)49(71)39(21-62)84-59/h1-19,38-42,45-78H,20-22H2/t38-,39-,40-,41+,42+,45?,46+,47-,48-,49-,50-,51+,52+,53+,54-,55-,56-,57-,58-,59-,60-/m1/s1. The van der Waals surface area contributed by atoms with Gasteiger partial charge in [0.2, 0.25) is 18.9 Å². The van der Waals surface area contributed by atoms with E-state index in [1.54, 1.807) is 24.3 Å². The second kappa shape index (κ2) is 24.0. The number of hydrogen-bond acceptors (Lipinski definition) is 25. The predicted molar refractivity (Wildman–Crippen MR) is 288 cm³/mol. The van der Waals surface area contributed by atoms with Crippen LogP contribution < -0.4 is 18.9 Å². The van der Waals surface area contributed by atoms with Crippen LogP contribution in [0.5, 0.6) is 51.7 Å².